The second-order valence-electron chi connectivity index (χ2n) is 11.3. The topological polar surface area (TPSA) is 52.6 Å². The Labute approximate surface area is 194 Å². The lowest BCUT2D eigenvalue weighted by molar-refractivity contribution is -0.164. The van der Waals surface area contributed by atoms with Crippen LogP contribution < -0.4 is 0 Å². The summed E-state index contributed by atoms with van der Waals surface area (Å²) in [6, 6.07) is 0. The Morgan fingerprint density at radius 2 is 1.40 bits per heavy atom. The van der Waals surface area contributed by atoms with Gasteiger partial charge in [0, 0.05) is 4.32 Å². The highest BCUT2D eigenvalue weighted by molar-refractivity contribution is 9.10. The molecule has 0 aromatic heterocycles. The van der Waals surface area contributed by atoms with E-state index in [-0.39, 0.29) is 17.9 Å². The Hall–Kier alpha value is -0.580. The molecule has 0 aromatic carbocycles. The summed E-state index contributed by atoms with van der Waals surface area (Å²) in [7, 11) is 0. The Kier molecular flexibility index (Phi) is 11.6. The third-order valence-electron chi connectivity index (χ3n) is 6.49. The molecule has 0 radical (unpaired) electrons. The van der Waals surface area contributed by atoms with Gasteiger partial charge in [0.15, 0.2) is 0 Å². The van der Waals surface area contributed by atoms with Crippen molar-refractivity contribution in [3.8, 4) is 0 Å². The van der Waals surface area contributed by atoms with Gasteiger partial charge in [0.1, 0.15) is 0 Å². The van der Waals surface area contributed by atoms with Gasteiger partial charge in [-0.15, -0.1) is 0 Å². The lowest BCUT2D eigenvalue weighted by atomic mass is 9.63. The van der Waals surface area contributed by atoms with E-state index in [2.05, 4.69) is 43.6 Å². The molecule has 0 N–H and O–H groups in total. The fraction of sp³-hybridized carbons (Fsp3) is 0.920. The van der Waals surface area contributed by atoms with Crippen molar-refractivity contribution < 1.29 is 19.1 Å². The Morgan fingerprint density at radius 1 is 0.867 bits per heavy atom. The summed E-state index contributed by atoms with van der Waals surface area (Å²) >= 11 is 3.69. The quantitative estimate of drug-likeness (QED) is 0.205. The first-order chi connectivity index (χ1) is 13.5. The van der Waals surface area contributed by atoms with Crippen LogP contribution in [0.1, 0.15) is 95.4 Å². The molecule has 178 valence electrons. The summed E-state index contributed by atoms with van der Waals surface area (Å²) in [6.45, 7) is 23.3. The minimum atomic E-state index is -0.723. The molecule has 3 unspecified atom stereocenters. The number of halogens is 1. The number of alkyl halides is 1. The molecule has 0 aromatic rings. The largest absolute Gasteiger partial charge is 0.466 e. The van der Waals surface area contributed by atoms with Crippen LogP contribution in [0.15, 0.2) is 0 Å². The molecule has 4 nitrogen and oxygen atoms in total. The van der Waals surface area contributed by atoms with E-state index in [1.807, 2.05) is 48.5 Å². The van der Waals surface area contributed by atoms with Crippen LogP contribution in [0.25, 0.3) is 0 Å². The van der Waals surface area contributed by atoms with Crippen molar-refractivity contribution in [3.63, 3.8) is 0 Å². The zero-order valence-electron chi connectivity index (χ0n) is 21.4. The highest BCUT2D eigenvalue weighted by Gasteiger charge is 2.49. The van der Waals surface area contributed by atoms with Crippen molar-refractivity contribution in [2.45, 2.75) is 99.7 Å². The molecule has 0 amide bonds. The van der Waals surface area contributed by atoms with Gasteiger partial charge in [0.25, 0.3) is 0 Å². The van der Waals surface area contributed by atoms with Crippen molar-refractivity contribution in [2.24, 2.45) is 34.5 Å². The predicted octanol–water partition coefficient (Wildman–Crippen LogP) is 7.03. The van der Waals surface area contributed by atoms with Crippen molar-refractivity contribution in [1.29, 1.82) is 0 Å². The van der Waals surface area contributed by atoms with E-state index in [9.17, 15) is 9.59 Å². The standard InChI is InChI=1S/C25H47BrO4/c1-12-29-22(28)24(8,9)23(6,7)15-20(25(10,11)26)21(27)30-16-19(5)14-18(4)13-17(2)3/h17-20H,12-16H2,1-11H3. The normalized spacial score (nSPS) is 16.2. The molecule has 0 heterocycles. The lowest BCUT2D eigenvalue weighted by Crippen LogP contribution is -2.46. The van der Waals surface area contributed by atoms with Gasteiger partial charge >= 0.3 is 11.9 Å². The van der Waals surface area contributed by atoms with Crippen molar-refractivity contribution in [1.82, 2.24) is 0 Å². The summed E-state index contributed by atoms with van der Waals surface area (Å²) < 4.78 is 10.6. The van der Waals surface area contributed by atoms with E-state index < -0.39 is 15.2 Å². The molecule has 3 atom stereocenters. The molecule has 0 saturated carbocycles. The lowest BCUT2D eigenvalue weighted by Gasteiger charge is -2.43. The second-order valence-corrected chi connectivity index (χ2v) is 13.3. The molecule has 0 aliphatic rings. The minimum absolute atomic E-state index is 0.201. The van der Waals surface area contributed by atoms with Crippen LogP contribution in [0.3, 0.4) is 0 Å². The maximum atomic E-state index is 13.1. The molecule has 0 aliphatic heterocycles. The van der Waals surface area contributed by atoms with Crippen LogP contribution in [0.5, 0.6) is 0 Å². The van der Waals surface area contributed by atoms with Gasteiger partial charge in [-0.25, -0.2) is 0 Å². The van der Waals surface area contributed by atoms with E-state index in [1.54, 1.807) is 0 Å². The summed E-state index contributed by atoms with van der Waals surface area (Å²) in [6.07, 6.45) is 2.76. The zero-order valence-corrected chi connectivity index (χ0v) is 22.9. The molecule has 0 rings (SSSR count). The molecule has 0 saturated heterocycles. The SMILES string of the molecule is CCOC(=O)C(C)(C)C(C)(C)CC(C(=O)OCC(C)CC(C)CC(C)C)C(C)(C)Br. The van der Waals surface area contributed by atoms with Crippen LogP contribution >= 0.6 is 15.9 Å². The van der Waals surface area contributed by atoms with E-state index in [0.29, 0.717) is 37.4 Å². The highest BCUT2D eigenvalue weighted by atomic mass is 79.9. The van der Waals surface area contributed by atoms with E-state index in [1.165, 1.54) is 6.42 Å². The van der Waals surface area contributed by atoms with Gasteiger partial charge in [-0.3, -0.25) is 9.59 Å². The summed E-state index contributed by atoms with van der Waals surface area (Å²) in [4.78, 5) is 25.6. The van der Waals surface area contributed by atoms with Gasteiger partial charge in [0.05, 0.1) is 24.5 Å². The number of esters is 2. The Bertz CT molecular complexity index is 546. The number of hydrogen-bond donors (Lipinski definition) is 0. The summed E-state index contributed by atoms with van der Waals surface area (Å²) in [5.74, 6) is 0.812. The van der Waals surface area contributed by atoms with Crippen LogP contribution in [0, 0.1) is 34.5 Å². The molecule has 0 spiro atoms. The molecular formula is C25H47BrO4. The van der Waals surface area contributed by atoms with Crippen molar-refractivity contribution >= 4 is 27.9 Å². The average Bonchev–Trinajstić information content (AvgIpc) is 2.55. The third-order valence-corrected chi connectivity index (χ3v) is 7.05. The van der Waals surface area contributed by atoms with Crippen LogP contribution in [0.2, 0.25) is 0 Å². The number of carbonyl (C=O) groups is 2. The summed E-state index contributed by atoms with van der Waals surface area (Å²) in [5, 5.41) is 0. The van der Waals surface area contributed by atoms with Crippen LogP contribution in [-0.2, 0) is 19.1 Å². The van der Waals surface area contributed by atoms with E-state index >= 15 is 0 Å². The first-order valence-corrected chi connectivity index (χ1v) is 12.3. The monoisotopic (exact) mass is 490 g/mol. The highest BCUT2D eigenvalue weighted by Crippen LogP contribution is 2.47. The third kappa shape index (κ3) is 9.28. The molecular weight excluding hydrogens is 444 g/mol. The van der Waals surface area contributed by atoms with E-state index in [0.717, 1.165) is 6.42 Å². The zero-order chi connectivity index (χ0) is 23.9. The maximum absolute atomic E-state index is 13.1. The first-order valence-electron chi connectivity index (χ1n) is 11.5. The van der Waals surface area contributed by atoms with Crippen LogP contribution in [0.4, 0.5) is 0 Å². The van der Waals surface area contributed by atoms with Crippen LogP contribution in [-0.4, -0.2) is 29.5 Å². The second kappa shape index (κ2) is 11.9. The number of carbonyl (C=O) groups excluding carboxylic acids is 2. The van der Waals surface area contributed by atoms with E-state index in [4.69, 9.17) is 9.47 Å². The molecule has 5 heteroatoms. The Morgan fingerprint density at radius 3 is 1.83 bits per heavy atom. The fourth-order valence-electron chi connectivity index (χ4n) is 3.94. The molecule has 0 bridgehead atoms. The number of ether oxygens (including phenoxy) is 2. The maximum Gasteiger partial charge on any atom is 0.312 e. The predicted molar refractivity (Wildman–Crippen MR) is 129 cm³/mol. The van der Waals surface area contributed by atoms with Gasteiger partial charge in [0.2, 0.25) is 0 Å². The molecule has 0 aliphatic carbocycles. The van der Waals surface area contributed by atoms with Gasteiger partial charge in [-0.2, -0.15) is 0 Å². The first kappa shape index (κ1) is 29.4. The Balaban J connectivity index is 5.21. The average molecular weight is 492 g/mol. The number of hydrogen-bond acceptors (Lipinski definition) is 4. The van der Waals surface area contributed by atoms with Gasteiger partial charge < -0.3 is 9.47 Å². The minimum Gasteiger partial charge on any atom is -0.466 e. The van der Waals surface area contributed by atoms with Crippen molar-refractivity contribution in [2.75, 3.05) is 13.2 Å². The van der Waals surface area contributed by atoms with Gasteiger partial charge in [-0.05, 0) is 77.0 Å². The van der Waals surface area contributed by atoms with Crippen molar-refractivity contribution in [3.05, 3.63) is 0 Å². The van der Waals surface area contributed by atoms with Gasteiger partial charge in [-0.1, -0.05) is 57.5 Å². The molecule has 30 heavy (non-hydrogen) atoms. The number of rotatable bonds is 13. The molecule has 0 fully saturated rings. The smallest absolute Gasteiger partial charge is 0.312 e. The summed E-state index contributed by atoms with van der Waals surface area (Å²) in [5.41, 5.74) is -1.18. The fourth-order valence-corrected chi connectivity index (χ4v) is 4.29.